The summed E-state index contributed by atoms with van der Waals surface area (Å²) in [5.74, 6) is -2.88. The molecule has 2 aliphatic rings. The number of nitrogen functional groups attached to an aromatic ring is 1. The molecule has 0 saturated heterocycles. The van der Waals surface area contributed by atoms with E-state index in [1.165, 1.54) is 18.2 Å². The molecule has 0 bridgehead atoms. The van der Waals surface area contributed by atoms with Crippen LogP contribution in [-0.4, -0.2) is 49.6 Å². The van der Waals surface area contributed by atoms with Crippen molar-refractivity contribution in [2.24, 2.45) is 5.73 Å². The zero-order chi connectivity index (χ0) is 28.2. The van der Waals surface area contributed by atoms with Gasteiger partial charge >= 0.3 is 35.5 Å². The monoisotopic (exact) mass is 586 g/mol. The molecule has 9 N–H and O–H groups in total. The Kier molecular flexibility index (Phi) is 8.26. The van der Waals surface area contributed by atoms with Crippen molar-refractivity contribution < 1.29 is 76.0 Å². The van der Waals surface area contributed by atoms with E-state index < -0.39 is 69.9 Å². The van der Waals surface area contributed by atoms with Crippen molar-refractivity contribution in [2.75, 3.05) is 12.4 Å². The third-order valence-electron chi connectivity index (χ3n) is 5.56. The van der Waals surface area contributed by atoms with Crippen LogP contribution in [0.4, 0.5) is 5.69 Å². The van der Waals surface area contributed by atoms with Crippen LogP contribution in [-0.2, 0) is 20.2 Å². The van der Waals surface area contributed by atoms with E-state index in [0.29, 0.717) is 0 Å². The predicted molar refractivity (Wildman–Crippen MR) is 133 cm³/mol. The molecule has 39 heavy (non-hydrogen) atoms. The fourth-order valence-electron chi connectivity index (χ4n) is 4.07. The number of nitrogens with two attached hydrogens (primary N) is 2. The molecule has 4 rings (SSSR count). The minimum absolute atomic E-state index is 0. The van der Waals surface area contributed by atoms with Crippen LogP contribution in [0.3, 0.4) is 0 Å². The molecule has 0 atom stereocenters. The summed E-state index contributed by atoms with van der Waals surface area (Å²) in [6.07, 6.45) is 0. The molecule has 14 nitrogen and oxygen atoms in total. The number of carbonyl (C=O) groups is 2. The maximum Gasteiger partial charge on any atom is 1.00 e. The molecule has 0 spiro atoms. The normalized spacial score (nSPS) is 11.8. The molecule has 1 aliphatic heterocycles. The van der Waals surface area contributed by atoms with E-state index >= 15 is 0 Å². The number of amides is 1. The Morgan fingerprint density at radius 3 is 2.18 bits per heavy atom. The van der Waals surface area contributed by atoms with Gasteiger partial charge in [0.05, 0.1) is 23.3 Å². The van der Waals surface area contributed by atoms with Crippen molar-refractivity contribution in [2.45, 2.75) is 9.79 Å². The van der Waals surface area contributed by atoms with Gasteiger partial charge in [-0.3, -0.25) is 19.3 Å². The summed E-state index contributed by atoms with van der Waals surface area (Å²) < 4.78 is 74.2. The number of nitrogens with one attached hydrogen (secondary N) is 2. The van der Waals surface area contributed by atoms with E-state index in [4.69, 9.17) is 21.3 Å². The molecule has 2 aromatic carbocycles. The molecule has 0 aromatic heterocycles. The number of anilines is 1. The van der Waals surface area contributed by atoms with Crippen LogP contribution in [0.1, 0.15) is 22.1 Å². The molecule has 0 unspecified atom stereocenters. The number of fused-ring (bicyclic) bond motifs is 2. The molecular weight excluding hydrogens is 567 g/mol. The zero-order valence-electron chi connectivity index (χ0n) is 20.9. The van der Waals surface area contributed by atoms with Crippen molar-refractivity contribution in [1.29, 1.82) is 5.41 Å². The summed E-state index contributed by atoms with van der Waals surface area (Å²) in [6, 6.07) is 7.93. The number of carboxylic acid groups (broad SMARTS) is 1. The summed E-state index contributed by atoms with van der Waals surface area (Å²) in [5, 5.41) is 19.4. The standard InChI is InChI=1S/C22H18N4O10S2.Na.H/c23-8-26-21(27)9-1-2-10(22(28)29)13(7-9)16-11-3-5-14(24)19(37(30,31)32)17(11)36-18-12(16)4-6-15(25)20(18)38(33,34)35;;/h1-7,24H,8,23,25H2,(H,26,27)(H,28,29)(H,30,31,32)(H,33,34,35);;/q;+1;-1. The second kappa shape index (κ2) is 10.7. The van der Waals surface area contributed by atoms with Gasteiger partial charge in [0, 0.05) is 22.1 Å². The second-order valence-corrected chi connectivity index (χ2v) is 10.6. The number of aromatic carboxylic acids is 1. The number of hydrogen-bond donors (Lipinski definition) is 7. The molecule has 17 heteroatoms. The van der Waals surface area contributed by atoms with Crippen molar-refractivity contribution in [1.82, 2.24) is 5.32 Å². The molecule has 0 saturated carbocycles. The van der Waals surface area contributed by atoms with Crippen LogP contribution in [0.2, 0.25) is 0 Å². The fourth-order valence-corrected chi connectivity index (χ4v) is 5.55. The average Bonchev–Trinajstić information content (AvgIpc) is 2.80. The van der Waals surface area contributed by atoms with Gasteiger partial charge in [0.1, 0.15) is 0 Å². The van der Waals surface area contributed by atoms with Gasteiger partial charge in [-0.15, -0.1) is 0 Å². The van der Waals surface area contributed by atoms with Crippen LogP contribution in [0.5, 0.6) is 0 Å². The Bertz CT molecular complexity index is 1930. The maximum atomic E-state index is 12.5. The summed E-state index contributed by atoms with van der Waals surface area (Å²) in [6.45, 7) is -0.244. The van der Waals surface area contributed by atoms with Crippen LogP contribution < -0.4 is 51.7 Å². The van der Waals surface area contributed by atoms with Gasteiger partial charge in [-0.1, -0.05) is 0 Å². The van der Waals surface area contributed by atoms with Gasteiger partial charge in [0.15, 0.2) is 21.1 Å². The molecule has 200 valence electrons. The molecule has 1 heterocycles. The van der Waals surface area contributed by atoms with Gasteiger partial charge < -0.3 is 27.7 Å². The zero-order valence-corrected chi connectivity index (χ0v) is 23.6. The fraction of sp³-hybridized carbons (Fsp3) is 0.0455. The van der Waals surface area contributed by atoms with Crippen molar-refractivity contribution in [3.63, 3.8) is 0 Å². The maximum absolute atomic E-state index is 12.5. The van der Waals surface area contributed by atoms with E-state index in [2.05, 4.69) is 5.32 Å². The number of carbonyl (C=O) groups excluding carboxylic acids is 1. The number of rotatable bonds is 6. The van der Waals surface area contributed by atoms with Crippen LogP contribution in [0, 0.1) is 5.41 Å². The first-order chi connectivity index (χ1) is 17.7. The van der Waals surface area contributed by atoms with E-state index in [1.807, 2.05) is 0 Å². The molecule has 1 aliphatic carbocycles. The number of carboxylic acids is 1. The summed E-state index contributed by atoms with van der Waals surface area (Å²) in [5.41, 5.74) is 8.95. The third-order valence-corrected chi connectivity index (χ3v) is 7.42. The molecule has 0 radical (unpaired) electrons. The Morgan fingerprint density at radius 1 is 0.974 bits per heavy atom. The van der Waals surface area contributed by atoms with Gasteiger partial charge in [-0.2, -0.15) is 16.8 Å². The van der Waals surface area contributed by atoms with E-state index in [-0.39, 0.29) is 65.3 Å². The number of hydrogen-bond acceptors (Lipinski definition) is 10. The summed E-state index contributed by atoms with van der Waals surface area (Å²) in [4.78, 5) is 22.6. The minimum atomic E-state index is -5.16. The smallest absolute Gasteiger partial charge is 1.00 e. The first kappa shape index (κ1) is 30.2. The number of benzene rings is 3. The van der Waals surface area contributed by atoms with Crippen molar-refractivity contribution in [3.8, 4) is 22.5 Å². The molecule has 2 aromatic rings. The molecule has 0 fully saturated rings. The Morgan fingerprint density at radius 2 is 1.62 bits per heavy atom. The second-order valence-electron chi connectivity index (χ2n) is 7.88. The van der Waals surface area contributed by atoms with E-state index in [1.54, 1.807) is 0 Å². The molecule has 1 amide bonds. The summed E-state index contributed by atoms with van der Waals surface area (Å²) in [7, 11) is -10.3. The third kappa shape index (κ3) is 5.41. The predicted octanol–water partition coefficient (Wildman–Crippen LogP) is -1.78. The largest absolute Gasteiger partial charge is 1.00 e. The van der Waals surface area contributed by atoms with Crippen molar-refractivity contribution in [3.05, 3.63) is 58.9 Å². The van der Waals surface area contributed by atoms with E-state index in [0.717, 1.165) is 24.3 Å². The Labute approximate surface area is 243 Å². The SMILES string of the molecule is N=c1ccc2c(-c3cc(C(=O)NCN)ccc3C(=O)O)c3ccc(N)c(S(=O)(=O)O)c3oc-2c1S(=O)(=O)O.[H-].[Na+]. The minimum Gasteiger partial charge on any atom is -1.00 e. The van der Waals surface area contributed by atoms with E-state index in [9.17, 15) is 40.6 Å². The van der Waals surface area contributed by atoms with Crippen LogP contribution >= 0.6 is 0 Å². The Balaban J connectivity index is 0.00000280. The van der Waals surface area contributed by atoms with Crippen LogP contribution in [0.15, 0.2) is 56.7 Å². The topological polar surface area (TPSA) is 264 Å². The average molecular weight is 587 g/mol. The first-order valence-electron chi connectivity index (χ1n) is 10.3. The first-order valence-corrected chi connectivity index (χ1v) is 13.2. The van der Waals surface area contributed by atoms with Gasteiger partial charge in [0.25, 0.3) is 26.1 Å². The Hall–Kier alpha value is -3.35. The van der Waals surface area contributed by atoms with Gasteiger partial charge in [-0.05, 0) is 48.0 Å². The van der Waals surface area contributed by atoms with Crippen molar-refractivity contribution >= 4 is 48.8 Å². The molecular formula is C22H19N4NaO10S2. The summed E-state index contributed by atoms with van der Waals surface area (Å²) >= 11 is 0. The quantitative estimate of drug-likeness (QED) is 0.0435. The van der Waals surface area contributed by atoms with Crippen LogP contribution in [0.25, 0.3) is 33.4 Å². The van der Waals surface area contributed by atoms with Gasteiger partial charge in [-0.25, -0.2) is 4.79 Å². The van der Waals surface area contributed by atoms with Gasteiger partial charge in [0.2, 0.25) is 0 Å².